The van der Waals surface area contributed by atoms with E-state index in [0.717, 1.165) is 31.9 Å². The number of ether oxygens (including phenoxy) is 2. The summed E-state index contributed by atoms with van der Waals surface area (Å²) in [6.07, 6.45) is -0.496. The minimum Gasteiger partial charge on any atom is -0.497 e. The molecule has 33 heavy (non-hydrogen) atoms. The largest absolute Gasteiger partial charge is 0.497 e. The molecule has 0 unspecified atom stereocenters. The molecule has 1 aliphatic rings. The Kier molecular flexibility index (Phi) is 8.36. The van der Waals surface area contributed by atoms with E-state index in [1.165, 1.54) is 16.8 Å². The van der Waals surface area contributed by atoms with E-state index >= 15 is 0 Å². The van der Waals surface area contributed by atoms with E-state index in [1.807, 2.05) is 24.3 Å². The van der Waals surface area contributed by atoms with Crippen LogP contribution < -0.4 is 9.64 Å². The molecule has 5 nitrogen and oxygen atoms in total. The first-order chi connectivity index (χ1) is 16.2. The molecular weight excluding hydrogens is 412 g/mol. The molecular formula is C28H34N2O3. The fourth-order valence-electron chi connectivity index (χ4n) is 4.41. The standard InChI is InChI=1S/C28H34N2O3/c1-32-27-14-12-25(13-15-27)30-18-16-29(17-19-30)20-26(31)21-33-22-28(23-8-4-2-5-9-23)24-10-6-3-7-11-24/h2-15,26,28,31H,16-22H2,1H3/t26-/m0/s1. The van der Waals surface area contributed by atoms with Crippen LogP contribution >= 0.6 is 0 Å². The molecule has 0 aliphatic carbocycles. The Labute approximate surface area is 197 Å². The van der Waals surface area contributed by atoms with Gasteiger partial charge in [0.25, 0.3) is 0 Å². The summed E-state index contributed by atoms with van der Waals surface area (Å²) in [5.41, 5.74) is 3.67. The maximum Gasteiger partial charge on any atom is 0.119 e. The van der Waals surface area contributed by atoms with Crippen molar-refractivity contribution >= 4 is 5.69 Å². The Morgan fingerprint density at radius 2 is 1.33 bits per heavy atom. The molecule has 0 spiro atoms. The van der Waals surface area contributed by atoms with Gasteiger partial charge in [-0.05, 0) is 35.4 Å². The van der Waals surface area contributed by atoms with Gasteiger partial charge in [0.15, 0.2) is 0 Å². The Morgan fingerprint density at radius 1 is 0.758 bits per heavy atom. The first-order valence-corrected chi connectivity index (χ1v) is 11.7. The predicted octanol–water partition coefficient (Wildman–Crippen LogP) is 4.03. The molecule has 1 aliphatic heterocycles. The quantitative estimate of drug-likeness (QED) is 0.510. The highest BCUT2D eigenvalue weighted by Crippen LogP contribution is 2.25. The number of aliphatic hydroxyl groups excluding tert-OH is 1. The molecule has 3 aromatic rings. The molecule has 1 saturated heterocycles. The van der Waals surface area contributed by atoms with Crippen molar-refractivity contribution in [2.45, 2.75) is 12.0 Å². The topological polar surface area (TPSA) is 45.2 Å². The molecule has 1 fully saturated rings. The Balaban J connectivity index is 1.23. The zero-order valence-electron chi connectivity index (χ0n) is 19.3. The van der Waals surface area contributed by atoms with Crippen LogP contribution in [0.1, 0.15) is 17.0 Å². The number of piperazine rings is 1. The molecule has 0 aromatic heterocycles. The van der Waals surface area contributed by atoms with Gasteiger partial charge in [-0.1, -0.05) is 60.7 Å². The second-order valence-corrected chi connectivity index (χ2v) is 8.55. The van der Waals surface area contributed by atoms with Gasteiger partial charge in [-0.15, -0.1) is 0 Å². The van der Waals surface area contributed by atoms with Crippen LogP contribution in [0.4, 0.5) is 5.69 Å². The second kappa shape index (κ2) is 11.8. The molecule has 1 heterocycles. The van der Waals surface area contributed by atoms with E-state index in [9.17, 15) is 5.11 Å². The zero-order chi connectivity index (χ0) is 22.9. The second-order valence-electron chi connectivity index (χ2n) is 8.55. The average Bonchev–Trinajstić information content (AvgIpc) is 2.88. The summed E-state index contributed by atoms with van der Waals surface area (Å²) in [7, 11) is 1.69. The smallest absolute Gasteiger partial charge is 0.119 e. The third kappa shape index (κ3) is 6.57. The number of anilines is 1. The minimum atomic E-state index is -0.496. The molecule has 0 amide bonds. The van der Waals surface area contributed by atoms with Crippen LogP contribution in [0.15, 0.2) is 84.9 Å². The SMILES string of the molecule is COc1ccc(N2CCN(C[C@H](O)COCC(c3ccccc3)c3ccccc3)CC2)cc1. The van der Waals surface area contributed by atoms with Crippen molar-refractivity contribution < 1.29 is 14.6 Å². The molecule has 5 heteroatoms. The molecule has 4 rings (SSSR count). The maximum absolute atomic E-state index is 10.6. The van der Waals surface area contributed by atoms with Crippen molar-refractivity contribution in [3.8, 4) is 5.75 Å². The Morgan fingerprint density at radius 3 is 1.88 bits per heavy atom. The molecule has 174 valence electrons. The van der Waals surface area contributed by atoms with Crippen molar-refractivity contribution in [3.63, 3.8) is 0 Å². The van der Waals surface area contributed by atoms with Crippen molar-refractivity contribution in [1.29, 1.82) is 0 Å². The number of β-amino-alcohol motifs (C(OH)–C–C–N with tert-alkyl or cyclic N) is 1. The lowest BCUT2D eigenvalue weighted by Gasteiger charge is -2.37. The van der Waals surface area contributed by atoms with Gasteiger partial charge in [-0.25, -0.2) is 0 Å². The number of nitrogens with zero attached hydrogens (tertiary/aromatic N) is 2. The predicted molar refractivity (Wildman–Crippen MR) is 133 cm³/mol. The van der Waals surface area contributed by atoms with E-state index in [1.54, 1.807) is 7.11 Å². The van der Waals surface area contributed by atoms with Crippen molar-refractivity contribution in [2.24, 2.45) is 0 Å². The third-order valence-electron chi connectivity index (χ3n) is 6.28. The molecule has 1 atom stereocenters. The fraction of sp³-hybridized carbons (Fsp3) is 0.357. The minimum absolute atomic E-state index is 0.160. The lowest BCUT2D eigenvalue weighted by atomic mass is 9.92. The molecule has 0 radical (unpaired) electrons. The highest BCUT2D eigenvalue weighted by Gasteiger charge is 2.20. The molecule has 0 saturated carbocycles. The summed E-state index contributed by atoms with van der Waals surface area (Å²) < 4.78 is 11.3. The van der Waals surface area contributed by atoms with E-state index in [4.69, 9.17) is 9.47 Å². The number of benzene rings is 3. The number of hydrogen-bond donors (Lipinski definition) is 1. The first-order valence-electron chi connectivity index (χ1n) is 11.7. The van der Waals surface area contributed by atoms with Gasteiger partial charge in [0.05, 0.1) is 26.4 Å². The van der Waals surface area contributed by atoms with Crippen molar-refractivity contribution in [2.75, 3.05) is 57.9 Å². The highest BCUT2D eigenvalue weighted by molar-refractivity contribution is 5.49. The van der Waals surface area contributed by atoms with E-state index in [-0.39, 0.29) is 5.92 Å². The van der Waals surface area contributed by atoms with Gasteiger partial charge >= 0.3 is 0 Å². The van der Waals surface area contributed by atoms with Gasteiger partial charge in [0.2, 0.25) is 0 Å². The van der Waals surface area contributed by atoms with Gasteiger partial charge in [0.1, 0.15) is 5.75 Å². The summed E-state index contributed by atoms with van der Waals surface area (Å²) in [4.78, 5) is 4.70. The number of aliphatic hydroxyl groups is 1. The summed E-state index contributed by atoms with van der Waals surface area (Å²) in [6, 6.07) is 29.1. The van der Waals surface area contributed by atoms with E-state index < -0.39 is 6.10 Å². The van der Waals surface area contributed by atoms with Crippen LogP contribution in [-0.2, 0) is 4.74 Å². The normalized spacial score (nSPS) is 15.5. The fourth-order valence-corrected chi connectivity index (χ4v) is 4.41. The van der Waals surface area contributed by atoms with Gasteiger partial charge in [-0.2, -0.15) is 0 Å². The van der Waals surface area contributed by atoms with Crippen LogP contribution in [0.25, 0.3) is 0 Å². The van der Waals surface area contributed by atoms with Crippen molar-refractivity contribution in [3.05, 3.63) is 96.1 Å². The van der Waals surface area contributed by atoms with Crippen LogP contribution in [0.5, 0.6) is 5.75 Å². The summed E-state index contributed by atoms with van der Waals surface area (Å²) in [5, 5.41) is 10.6. The monoisotopic (exact) mass is 446 g/mol. The lowest BCUT2D eigenvalue weighted by Crippen LogP contribution is -2.49. The number of hydrogen-bond acceptors (Lipinski definition) is 5. The van der Waals surface area contributed by atoms with Crippen LogP contribution in [-0.4, -0.2) is 69.2 Å². The van der Waals surface area contributed by atoms with Gasteiger partial charge < -0.3 is 19.5 Å². The van der Waals surface area contributed by atoms with E-state index in [2.05, 4.69) is 70.5 Å². The van der Waals surface area contributed by atoms with E-state index in [0.29, 0.717) is 19.8 Å². The van der Waals surface area contributed by atoms with Crippen LogP contribution in [0.2, 0.25) is 0 Å². The van der Waals surface area contributed by atoms with Gasteiger partial charge in [0, 0.05) is 44.3 Å². The highest BCUT2D eigenvalue weighted by atomic mass is 16.5. The third-order valence-corrected chi connectivity index (χ3v) is 6.28. The maximum atomic E-state index is 10.6. The average molecular weight is 447 g/mol. The van der Waals surface area contributed by atoms with Crippen LogP contribution in [0.3, 0.4) is 0 Å². The first kappa shape index (κ1) is 23.3. The Hall–Kier alpha value is -2.86. The van der Waals surface area contributed by atoms with Gasteiger partial charge in [-0.3, -0.25) is 4.90 Å². The van der Waals surface area contributed by atoms with Crippen molar-refractivity contribution in [1.82, 2.24) is 4.90 Å². The van der Waals surface area contributed by atoms with Crippen LogP contribution in [0, 0.1) is 0 Å². The lowest BCUT2D eigenvalue weighted by molar-refractivity contribution is 0.0136. The number of rotatable bonds is 10. The number of methoxy groups -OCH3 is 1. The summed E-state index contributed by atoms with van der Waals surface area (Å²) >= 11 is 0. The molecule has 1 N–H and O–H groups in total. The molecule has 3 aromatic carbocycles. The summed E-state index contributed by atoms with van der Waals surface area (Å²) in [6.45, 7) is 5.29. The summed E-state index contributed by atoms with van der Waals surface area (Å²) in [5.74, 6) is 1.04. The Bertz CT molecular complexity index is 902. The molecule has 0 bridgehead atoms. The zero-order valence-corrected chi connectivity index (χ0v) is 19.3.